The standard InChI is InChI=1S/C16H21N3O2/c17-14(12-4-2-1-3-5-12)6-7-15-18-16(19-21-15)13-8-10-20-11-9-13/h1-5,13-14H,6-11,17H2. The minimum Gasteiger partial charge on any atom is -0.381 e. The van der Waals surface area contributed by atoms with Gasteiger partial charge in [-0.2, -0.15) is 4.98 Å². The molecule has 2 aromatic rings. The van der Waals surface area contributed by atoms with Crippen LogP contribution in [0.4, 0.5) is 0 Å². The summed E-state index contributed by atoms with van der Waals surface area (Å²) in [5.41, 5.74) is 7.33. The molecule has 1 saturated heterocycles. The summed E-state index contributed by atoms with van der Waals surface area (Å²) in [6, 6.07) is 10.1. The summed E-state index contributed by atoms with van der Waals surface area (Å²) in [5.74, 6) is 1.88. The van der Waals surface area contributed by atoms with Gasteiger partial charge >= 0.3 is 0 Å². The number of aromatic nitrogens is 2. The van der Waals surface area contributed by atoms with Crippen molar-refractivity contribution in [1.29, 1.82) is 0 Å². The first-order valence-electron chi connectivity index (χ1n) is 7.53. The molecule has 0 spiro atoms. The Morgan fingerprint density at radius 3 is 2.71 bits per heavy atom. The molecule has 0 radical (unpaired) electrons. The molecule has 1 fully saturated rings. The molecule has 112 valence electrons. The molecule has 0 amide bonds. The van der Waals surface area contributed by atoms with Crippen LogP contribution in [0.3, 0.4) is 0 Å². The molecule has 2 N–H and O–H groups in total. The molecule has 1 aromatic heterocycles. The number of ether oxygens (including phenoxy) is 1. The smallest absolute Gasteiger partial charge is 0.226 e. The average Bonchev–Trinajstić information content (AvgIpc) is 3.03. The summed E-state index contributed by atoms with van der Waals surface area (Å²) in [4.78, 5) is 4.51. The minimum atomic E-state index is 0.00429. The van der Waals surface area contributed by atoms with E-state index in [4.69, 9.17) is 15.0 Å². The molecule has 5 nitrogen and oxygen atoms in total. The maximum Gasteiger partial charge on any atom is 0.226 e. The Hall–Kier alpha value is -1.72. The van der Waals surface area contributed by atoms with E-state index in [-0.39, 0.29) is 6.04 Å². The van der Waals surface area contributed by atoms with E-state index in [0.29, 0.717) is 18.2 Å². The predicted molar refractivity (Wildman–Crippen MR) is 78.8 cm³/mol. The molecular formula is C16H21N3O2. The Morgan fingerprint density at radius 1 is 1.19 bits per heavy atom. The van der Waals surface area contributed by atoms with Crippen molar-refractivity contribution in [2.45, 2.75) is 37.6 Å². The lowest BCUT2D eigenvalue weighted by Crippen LogP contribution is -2.15. The van der Waals surface area contributed by atoms with Crippen molar-refractivity contribution in [2.24, 2.45) is 5.73 Å². The molecule has 0 aliphatic carbocycles. The fourth-order valence-electron chi connectivity index (χ4n) is 2.64. The number of hydrogen-bond donors (Lipinski definition) is 1. The van der Waals surface area contributed by atoms with E-state index in [1.807, 2.05) is 30.3 Å². The van der Waals surface area contributed by atoms with Crippen LogP contribution in [0.25, 0.3) is 0 Å². The summed E-state index contributed by atoms with van der Waals surface area (Å²) in [7, 11) is 0. The van der Waals surface area contributed by atoms with E-state index in [2.05, 4.69) is 10.1 Å². The van der Waals surface area contributed by atoms with Gasteiger partial charge in [0.1, 0.15) is 0 Å². The lowest BCUT2D eigenvalue weighted by molar-refractivity contribution is 0.0830. The normalized spacial score (nSPS) is 17.8. The topological polar surface area (TPSA) is 74.2 Å². The highest BCUT2D eigenvalue weighted by molar-refractivity contribution is 5.18. The van der Waals surface area contributed by atoms with E-state index in [0.717, 1.165) is 43.9 Å². The molecule has 0 bridgehead atoms. The van der Waals surface area contributed by atoms with Crippen LogP contribution in [0.2, 0.25) is 0 Å². The van der Waals surface area contributed by atoms with Crippen molar-refractivity contribution in [1.82, 2.24) is 10.1 Å². The molecule has 1 aliphatic heterocycles. The molecule has 0 saturated carbocycles. The Labute approximate surface area is 124 Å². The Morgan fingerprint density at radius 2 is 1.95 bits per heavy atom. The molecule has 21 heavy (non-hydrogen) atoms. The van der Waals surface area contributed by atoms with Gasteiger partial charge in [-0.25, -0.2) is 0 Å². The number of nitrogens with zero attached hydrogens (tertiary/aromatic N) is 2. The fraction of sp³-hybridized carbons (Fsp3) is 0.500. The average molecular weight is 287 g/mol. The Kier molecular flexibility index (Phi) is 4.62. The van der Waals surface area contributed by atoms with Gasteiger partial charge in [0.05, 0.1) is 0 Å². The van der Waals surface area contributed by atoms with Crippen LogP contribution >= 0.6 is 0 Å². The summed E-state index contributed by atoms with van der Waals surface area (Å²) >= 11 is 0. The molecule has 5 heteroatoms. The van der Waals surface area contributed by atoms with Crippen molar-refractivity contribution in [3.8, 4) is 0 Å². The van der Waals surface area contributed by atoms with Crippen molar-refractivity contribution in [3.05, 3.63) is 47.6 Å². The van der Waals surface area contributed by atoms with E-state index in [9.17, 15) is 0 Å². The first-order valence-corrected chi connectivity index (χ1v) is 7.53. The van der Waals surface area contributed by atoms with E-state index < -0.39 is 0 Å². The lowest BCUT2D eigenvalue weighted by atomic mass is 10.00. The molecule has 3 rings (SSSR count). The number of aryl methyl sites for hydroxylation is 1. The second-order valence-electron chi connectivity index (χ2n) is 5.49. The quantitative estimate of drug-likeness (QED) is 0.915. The van der Waals surface area contributed by atoms with Crippen LogP contribution in [-0.2, 0) is 11.2 Å². The zero-order chi connectivity index (χ0) is 14.5. The van der Waals surface area contributed by atoms with Crippen LogP contribution in [0.15, 0.2) is 34.9 Å². The third-order valence-electron chi connectivity index (χ3n) is 3.97. The predicted octanol–water partition coefficient (Wildman–Crippen LogP) is 2.60. The number of benzene rings is 1. The van der Waals surface area contributed by atoms with Gasteiger partial charge in [0.15, 0.2) is 5.82 Å². The SMILES string of the molecule is NC(CCc1nc(C2CCOCC2)no1)c1ccccc1. The number of nitrogens with two attached hydrogens (primary N) is 1. The maximum atomic E-state index is 6.19. The highest BCUT2D eigenvalue weighted by Gasteiger charge is 2.21. The lowest BCUT2D eigenvalue weighted by Gasteiger charge is -2.18. The first kappa shape index (κ1) is 14.2. The van der Waals surface area contributed by atoms with E-state index >= 15 is 0 Å². The summed E-state index contributed by atoms with van der Waals surface area (Å²) < 4.78 is 10.7. The van der Waals surface area contributed by atoms with E-state index in [1.54, 1.807) is 0 Å². The highest BCUT2D eigenvalue weighted by atomic mass is 16.5. The second kappa shape index (κ2) is 6.83. The van der Waals surface area contributed by atoms with Gasteiger partial charge in [-0.1, -0.05) is 35.5 Å². The van der Waals surface area contributed by atoms with Crippen LogP contribution in [0.1, 0.15) is 48.5 Å². The monoisotopic (exact) mass is 287 g/mol. The molecular weight excluding hydrogens is 266 g/mol. The third kappa shape index (κ3) is 3.68. The van der Waals surface area contributed by atoms with Gasteiger partial charge in [-0.15, -0.1) is 0 Å². The second-order valence-corrected chi connectivity index (χ2v) is 5.49. The van der Waals surface area contributed by atoms with Crippen molar-refractivity contribution >= 4 is 0 Å². The first-order chi connectivity index (χ1) is 10.3. The molecule has 1 atom stereocenters. The van der Waals surface area contributed by atoms with Crippen LogP contribution in [0.5, 0.6) is 0 Å². The fourth-order valence-corrected chi connectivity index (χ4v) is 2.64. The summed E-state index contributed by atoms with van der Waals surface area (Å²) in [6.45, 7) is 1.57. The molecule has 2 heterocycles. The van der Waals surface area contributed by atoms with Gasteiger partial charge in [0.2, 0.25) is 5.89 Å². The summed E-state index contributed by atoms with van der Waals surface area (Å²) in [6.07, 6.45) is 3.47. The zero-order valence-electron chi connectivity index (χ0n) is 12.1. The Balaban J connectivity index is 1.55. The van der Waals surface area contributed by atoms with Crippen LogP contribution in [-0.4, -0.2) is 23.4 Å². The van der Waals surface area contributed by atoms with Gasteiger partial charge in [-0.05, 0) is 24.8 Å². The van der Waals surface area contributed by atoms with Crippen molar-refractivity contribution < 1.29 is 9.26 Å². The summed E-state index contributed by atoms with van der Waals surface area (Å²) in [5, 5.41) is 4.11. The van der Waals surface area contributed by atoms with Gasteiger partial charge in [0.25, 0.3) is 0 Å². The van der Waals surface area contributed by atoms with Gasteiger partial charge < -0.3 is 15.0 Å². The van der Waals surface area contributed by atoms with Gasteiger partial charge in [-0.3, -0.25) is 0 Å². The van der Waals surface area contributed by atoms with Gasteiger partial charge in [0, 0.05) is 31.6 Å². The van der Waals surface area contributed by atoms with Crippen molar-refractivity contribution in [3.63, 3.8) is 0 Å². The van der Waals surface area contributed by atoms with Crippen molar-refractivity contribution in [2.75, 3.05) is 13.2 Å². The largest absolute Gasteiger partial charge is 0.381 e. The minimum absolute atomic E-state index is 0.00429. The number of rotatable bonds is 5. The Bertz CT molecular complexity index is 550. The van der Waals surface area contributed by atoms with E-state index in [1.165, 1.54) is 0 Å². The molecule has 1 aromatic carbocycles. The number of hydrogen-bond acceptors (Lipinski definition) is 5. The molecule has 1 aliphatic rings. The highest BCUT2D eigenvalue weighted by Crippen LogP contribution is 2.25. The third-order valence-corrected chi connectivity index (χ3v) is 3.97. The zero-order valence-corrected chi connectivity index (χ0v) is 12.1. The van der Waals surface area contributed by atoms with Crippen LogP contribution < -0.4 is 5.73 Å². The maximum absolute atomic E-state index is 6.19. The van der Waals surface area contributed by atoms with Crippen LogP contribution in [0, 0.1) is 0 Å². The molecule has 1 unspecified atom stereocenters.